The van der Waals surface area contributed by atoms with Crippen LogP contribution in [-0.4, -0.2) is 18.2 Å². The summed E-state index contributed by atoms with van der Waals surface area (Å²) < 4.78 is 0. The molecular formula is C17H18ClN3O. The molecule has 0 bridgehead atoms. The van der Waals surface area contributed by atoms with Crippen molar-refractivity contribution in [2.75, 3.05) is 5.32 Å². The highest BCUT2D eigenvalue weighted by Gasteiger charge is 2.15. The van der Waals surface area contributed by atoms with Crippen LogP contribution in [-0.2, 0) is 4.79 Å². The van der Waals surface area contributed by atoms with Crippen LogP contribution < -0.4 is 10.7 Å². The number of amides is 1. The summed E-state index contributed by atoms with van der Waals surface area (Å²) in [6, 6.07) is 16.5. The van der Waals surface area contributed by atoms with E-state index in [0.717, 1.165) is 11.3 Å². The van der Waals surface area contributed by atoms with Crippen molar-refractivity contribution in [3.8, 4) is 0 Å². The Bertz CT molecular complexity index is 626. The van der Waals surface area contributed by atoms with E-state index in [-0.39, 0.29) is 11.9 Å². The normalized spacial score (nSPS) is 12.1. The van der Waals surface area contributed by atoms with Crippen LogP contribution in [0.3, 0.4) is 0 Å². The maximum absolute atomic E-state index is 12.1. The molecule has 4 nitrogen and oxygen atoms in total. The van der Waals surface area contributed by atoms with Gasteiger partial charge in [0.25, 0.3) is 5.91 Å². The van der Waals surface area contributed by atoms with E-state index in [4.69, 9.17) is 11.6 Å². The molecule has 0 aliphatic rings. The summed E-state index contributed by atoms with van der Waals surface area (Å²) in [5.41, 5.74) is 4.33. The van der Waals surface area contributed by atoms with Gasteiger partial charge in [0.2, 0.25) is 0 Å². The smallest absolute Gasteiger partial charge is 0.262 e. The monoisotopic (exact) mass is 315 g/mol. The lowest BCUT2D eigenvalue weighted by Gasteiger charge is -2.16. The number of anilines is 1. The van der Waals surface area contributed by atoms with Crippen LogP contribution in [0.15, 0.2) is 59.7 Å². The number of benzene rings is 2. The number of hydrazone groups is 1. The van der Waals surface area contributed by atoms with E-state index in [1.54, 1.807) is 18.3 Å². The van der Waals surface area contributed by atoms with Gasteiger partial charge in [-0.3, -0.25) is 4.79 Å². The molecule has 0 aliphatic carbocycles. The molecule has 1 amide bonds. The first kappa shape index (κ1) is 16.0. The van der Waals surface area contributed by atoms with E-state index in [2.05, 4.69) is 15.8 Å². The summed E-state index contributed by atoms with van der Waals surface area (Å²) in [4.78, 5) is 12.1. The summed E-state index contributed by atoms with van der Waals surface area (Å²) in [5.74, 6) is -0.170. The molecule has 5 heteroatoms. The summed E-state index contributed by atoms with van der Waals surface area (Å²) in [5, 5.41) is 7.82. The molecule has 0 saturated carbocycles. The number of nitrogens with one attached hydrogen (secondary N) is 2. The Morgan fingerprint density at radius 2 is 1.86 bits per heavy atom. The average Bonchev–Trinajstić information content (AvgIpc) is 2.55. The van der Waals surface area contributed by atoms with Gasteiger partial charge in [-0.1, -0.05) is 48.9 Å². The maximum atomic E-state index is 12.1. The third kappa shape index (κ3) is 4.90. The van der Waals surface area contributed by atoms with Gasteiger partial charge in [0.1, 0.15) is 6.04 Å². The molecule has 0 radical (unpaired) electrons. The van der Waals surface area contributed by atoms with Crippen molar-refractivity contribution in [1.82, 2.24) is 5.43 Å². The predicted molar refractivity (Wildman–Crippen MR) is 91.3 cm³/mol. The van der Waals surface area contributed by atoms with Crippen LogP contribution in [0.2, 0.25) is 5.02 Å². The standard InChI is InChI=1S/C17H18ClN3O/c1-2-16(20-15-6-4-3-5-7-15)17(22)21-19-12-13-8-10-14(18)11-9-13/h3-12,16,20H,2H2,1H3,(H,21,22)/b19-12-/t16-/m1/s1. The van der Waals surface area contributed by atoms with Crippen molar-refractivity contribution < 1.29 is 4.79 Å². The number of hydrogen-bond donors (Lipinski definition) is 2. The van der Waals surface area contributed by atoms with Crippen molar-refractivity contribution in [3.05, 3.63) is 65.2 Å². The molecule has 2 rings (SSSR count). The second-order valence-electron chi connectivity index (χ2n) is 4.76. The Labute approximate surface area is 135 Å². The van der Waals surface area contributed by atoms with Gasteiger partial charge < -0.3 is 5.32 Å². The molecule has 0 unspecified atom stereocenters. The maximum Gasteiger partial charge on any atom is 0.262 e. The fourth-order valence-corrected chi connectivity index (χ4v) is 2.01. The molecule has 2 N–H and O–H groups in total. The first-order chi connectivity index (χ1) is 10.7. The molecule has 0 spiro atoms. The zero-order valence-corrected chi connectivity index (χ0v) is 13.0. The Hall–Kier alpha value is -2.33. The van der Waals surface area contributed by atoms with Crippen LogP contribution in [0.5, 0.6) is 0 Å². The summed E-state index contributed by atoms with van der Waals surface area (Å²) in [6.07, 6.45) is 2.25. The molecule has 0 saturated heterocycles. The SMILES string of the molecule is CC[C@@H](Nc1ccccc1)C(=O)N/N=C\c1ccc(Cl)cc1. The van der Waals surface area contributed by atoms with Gasteiger partial charge in [-0.05, 0) is 36.2 Å². The number of halogens is 1. The van der Waals surface area contributed by atoms with Gasteiger partial charge in [0, 0.05) is 10.7 Å². The van der Waals surface area contributed by atoms with E-state index >= 15 is 0 Å². The average molecular weight is 316 g/mol. The highest BCUT2D eigenvalue weighted by molar-refractivity contribution is 6.30. The Kier molecular flexibility index (Phi) is 5.98. The zero-order valence-electron chi connectivity index (χ0n) is 12.3. The molecule has 114 valence electrons. The minimum Gasteiger partial charge on any atom is -0.374 e. The van der Waals surface area contributed by atoms with Crippen LogP contribution >= 0.6 is 11.6 Å². The number of carbonyl (C=O) groups excluding carboxylic acids is 1. The van der Waals surface area contributed by atoms with Gasteiger partial charge in [0.05, 0.1) is 6.21 Å². The molecule has 0 aromatic heterocycles. The molecule has 0 aliphatic heterocycles. The van der Waals surface area contributed by atoms with Gasteiger partial charge in [0.15, 0.2) is 0 Å². The third-order valence-electron chi connectivity index (χ3n) is 3.10. The number of carbonyl (C=O) groups is 1. The van der Waals surface area contributed by atoms with Crippen molar-refractivity contribution in [3.63, 3.8) is 0 Å². The van der Waals surface area contributed by atoms with Gasteiger partial charge >= 0.3 is 0 Å². The molecule has 0 heterocycles. The Morgan fingerprint density at radius 1 is 1.18 bits per heavy atom. The van der Waals surface area contributed by atoms with E-state index in [9.17, 15) is 4.79 Å². The second-order valence-corrected chi connectivity index (χ2v) is 5.19. The Morgan fingerprint density at radius 3 is 2.50 bits per heavy atom. The summed E-state index contributed by atoms with van der Waals surface area (Å²) in [6.45, 7) is 1.95. The third-order valence-corrected chi connectivity index (χ3v) is 3.35. The number of hydrogen-bond acceptors (Lipinski definition) is 3. The molecule has 2 aromatic carbocycles. The molecule has 2 aromatic rings. The minimum atomic E-state index is -0.329. The number of nitrogens with zero attached hydrogens (tertiary/aromatic N) is 1. The van der Waals surface area contributed by atoms with Gasteiger partial charge in [-0.2, -0.15) is 5.10 Å². The molecule has 0 fully saturated rings. The van der Waals surface area contributed by atoms with Gasteiger partial charge in [-0.15, -0.1) is 0 Å². The first-order valence-corrected chi connectivity index (χ1v) is 7.47. The zero-order chi connectivity index (χ0) is 15.8. The quantitative estimate of drug-likeness (QED) is 0.631. The first-order valence-electron chi connectivity index (χ1n) is 7.09. The van der Waals surface area contributed by atoms with E-state index in [1.807, 2.05) is 49.4 Å². The fraction of sp³-hybridized carbons (Fsp3) is 0.176. The molecule has 1 atom stereocenters. The lowest BCUT2D eigenvalue weighted by Crippen LogP contribution is -2.36. The second kappa shape index (κ2) is 8.20. The lowest BCUT2D eigenvalue weighted by molar-refractivity contribution is -0.121. The van der Waals surface area contributed by atoms with Gasteiger partial charge in [-0.25, -0.2) is 5.43 Å². The lowest BCUT2D eigenvalue weighted by atomic mass is 10.2. The minimum absolute atomic E-state index is 0.170. The predicted octanol–water partition coefficient (Wildman–Crippen LogP) is 3.68. The Balaban J connectivity index is 1.90. The van der Waals surface area contributed by atoms with Crippen molar-refractivity contribution in [1.29, 1.82) is 0 Å². The molecular weight excluding hydrogens is 298 g/mol. The van der Waals surface area contributed by atoms with Crippen LogP contribution in [0, 0.1) is 0 Å². The fourth-order valence-electron chi connectivity index (χ4n) is 1.89. The highest BCUT2D eigenvalue weighted by Crippen LogP contribution is 2.09. The van der Waals surface area contributed by atoms with Crippen molar-refractivity contribution in [2.45, 2.75) is 19.4 Å². The molecule has 22 heavy (non-hydrogen) atoms. The summed E-state index contributed by atoms with van der Waals surface area (Å²) >= 11 is 5.81. The number of rotatable bonds is 6. The number of para-hydroxylation sites is 1. The topological polar surface area (TPSA) is 53.5 Å². The van der Waals surface area contributed by atoms with E-state index in [0.29, 0.717) is 11.4 Å². The van der Waals surface area contributed by atoms with Crippen LogP contribution in [0.1, 0.15) is 18.9 Å². The van der Waals surface area contributed by atoms with E-state index in [1.165, 1.54) is 0 Å². The van der Waals surface area contributed by atoms with Crippen molar-refractivity contribution in [2.24, 2.45) is 5.10 Å². The highest BCUT2D eigenvalue weighted by atomic mass is 35.5. The van der Waals surface area contributed by atoms with Crippen LogP contribution in [0.4, 0.5) is 5.69 Å². The summed E-state index contributed by atoms with van der Waals surface area (Å²) in [7, 11) is 0. The van der Waals surface area contributed by atoms with Crippen LogP contribution in [0.25, 0.3) is 0 Å². The van der Waals surface area contributed by atoms with E-state index < -0.39 is 0 Å². The largest absolute Gasteiger partial charge is 0.374 e. The van der Waals surface area contributed by atoms with Crippen molar-refractivity contribution >= 4 is 29.4 Å².